The van der Waals surface area contributed by atoms with E-state index in [4.69, 9.17) is 9.26 Å². The molecular formula is C23H26N4O3. The quantitative estimate of drug-likeness (QED) is 0.622. The molecule has 0 spiro atoms. The predicted molar refractivity (Wildman–Crippen MR) is 113 cm³/mol. The van der Waals surface area contributed by atoms with Crippen molar-refractivity contribution >= 4 is 5.91 Å². The van der Waals surface area contributed by atoms with Crippen molar-refractivity contribution in [3.8, 4) is 17.1 Å². The number of para-hydroxylation sites is 1. The minimum absolute atomic E-state index is 0.00973. The maximum absolute atomic E-state index is 13.0. The summed E-state index contributed by atoms with van der Waals surface area (Å²) in [5, 5.41) is 4.12. The monoisotopic (exact) mass is 406 g/mol. The summed E-state index contributed by atoms with van der Waals surface area (Å²) < 4.78 is 11.1. The average molecular weight is 406 g/mol. The van der Waals surface area contributed by atoms with E-state index in [-0.39, 0.29) is 11.9 Å². The molecule has 1 atom stereocenters. The smallest absolute Gasteiger partial charge is 0.257 e. The molecular weight excluding hydrogens is 380 g/mol. The zero-order chi connectivity index (χ0) is 20.9. The fraction of sp³-hybridized carbons (Fsp3) is 0.348. The van der Waals surface area contributed by atoms with Gasteiger partial charge in [-0.15, -0.1) is 0 Å². The molecule has 2 aromatic carbocycles. The van der Waals surface area contributed by atoms with Crippen LogP contribution in [-0.2, 0) is 0 Å². The average Bonchev–Trinajstić information content (AvgIpc) is 3.30. The molecule has 0 saturated carbocycles. The Balaban J connectivity index is 1.39. The molecule has 0 aliphatic carbocycles. The Bertz CT molecular complexity index is 981. The highest BCUT2D eigenvalue weighted by atomic mass is 16.5. The number of ether oxygens (including phenoxy) is 1. The Morgan fingerprint density at radius 3 is 2.50 bits per heavy atom. The summed E-state index contributed by atoms with van der Waals surface area (Å²) in [6, 6.07) is 17.2. The molecule has 0 bridgehead atoms. The van der Waals surface area contributed by atoms with Crippen molar-refractivity contribution in [2.45, 2.75) is 19.9 Å². The number of carbonyl (C=O) groups is 1. The van der Waals surface area contributed by atoms with Gasteiger partial charge in [0.2, 0.25) is 11.7 Å². The van der Waals surface area contributed by atoms with E-state index >= 15 is 0 Å². The van der Waals surface area contributed by atoms with E-state index in [0.29, 0.717) is 42.7 Å². The summed E-state index contributed by atoms with van der Waals surface area (Å²) in [5.74, 6) is 1.84. The van der Waals surface area contributed by atoms with Crippen LogP contribution in [0.25, 0.3) is 11.4 Å². The zero-order valence-corrected chi connectivity index (χ0v) is 17.3. The molecule has 3 aromatic rings. The number of rotatable bonds is 6. The molecule has 1 aliphatic heterocycles. The van der Waals surface area contributed by atoms with Gasteiger partial charge in [0.1, 0.15) is 5.75 Å². The van der Waals surface area contributed by atoms with E-state index in [9.17, 15) is 4.79 Å². The SMILES string of the molecule is CCOc1ccccc1C(=O)N1CCN(C(C)c2nc(-c3ccccc3)no2)CC1. The Morgan fingerprint density at radius 1 is 1.07 bits per heavy atom. The molecule has 2 heterocycles. The molecule has 156 valence electrons. The molecule has 7 heteroatoms. The highest BCUT2D eigenvalue weighted by Crippen LogP contribution is 2.25. The maximum atomic E-state index is 13.0. The van der Waals surface area contributed by atoms with Crippen LogP contribution in [0.5, 0.6) is 5.75 Å². The fourth-order valence-corrected chi connectivity index (χ4v) is 3.67. The van der Waals surface area contributed by atoms with Crippen molar-refractivity contribution in [1.82, 2.24) is 19.9 Å². The lowest BCUT2D eigenvalue weighted by Gasteiger charge is -2.37. The second kappa shape index (κ2) is 9.09. The molecule has 1 unspecified atom stereocenters. The van der Waals surface area contributed by atoms with E-state index in [1.165, 1.54) is 0 Å². The van der Waals surface area contributed by atoms with E-state index in [2.05, 4.69) is 22.0 Å². The zero-order valence-electron chi connectivity index (χ0n) is 17.3. The topological polar surface area (TPSA) is 71.7 Å². The highest BCUT2D eigenvalue weighted by molar-refractivity contribution is 5.97. The molecule has 0 N–H and O–H groups in total. The second-order valence-corrected chi connectivity index (χ2v) is 7.26. The predicted octanol–water partition coefficient (Wildman–Crippen LogP) is 3.65. The summed E-state index contributed by atoms with van der Waals surface area (Å²) in [4.78, 5) is 21.7. The number of hydrogen-bond acceptors (Lipinski definition) is 6. The van der Waals surface area contributed by atoms with E-state index in [1.807, 2.05) is 66.4 Å². The number of benzene rings is 2. The van der Waals surface area contributed by atoms with E-state index < -0.39 is 0 Å². The molecule has 30 heavy (non-hydrogen) atoms. The van der Waals surface area contributed by atoms with Gasteiger partial charge in [-0.05, 0) is 26.0 Å². The molecule has 7 nitrogen and oxygen atoms in total. The lowest BCUT2D eigenvalue weighted by atomic mass is 10.1. The second-order valence-electron chi connectivity index (χ2n) is 7.26. The van der Waals surface area contributed by atoms with Gasteiger partial charge in [0.05, 0.1) is 18.2 Å². The number of piperazine rings is 1. The Morgan fingerprint density at radius 2 is 1.77 bits per heavy atom. The minimum Gasteiger partial charge on any atom is -0.493 e. The number of amides is 1. The third-order valence-corrected chi connectivity index (χ3v) is 5.40. The molecule has 1 fully saturated rings. The molecule has 4 rings (SSSR count). The van der Waals surface area contributed by atoms with Crippen LogP contribution in [0.2, 0.25) is 0 Å². The van der Waals surface area contributed by atoms with Crippen molar-refractivity contribution in [1.29, 1.82) is 0 Å². The van der Waals surface area contributed by atoms with Crippen molar-refractivity contribution in [3.63, 3.8) is 0 Å². The van der Waals surface area contributed by atoms with Gasteiger partial charge in [-0.2, -0.15) is 4.98 Å². The van der Waals surface area contributed by atoms with Crippen LogP contribution in [0, 0.1) is 0 Å². The molecule has 0 radical (unpaired) electrons. The van der Waals surface area contributed by atoms with Gasteiger partial charge < -0.3 is 14.2 Å². The van der Waals surface area contributed by atoms with Gasteiger partial charge in [-0.1, -0.05) is 47.6 Å². The van der Waals surface area contributed by atoms with Gasteiger partial charge in [0.15, 0.2) is 0 Å². The van der Waals surface area contributed by atoms with Crippen LogP contribution < -0.4 is 4.74 Å². The van der Waals surface area contributed by atoms with Crippen LogP contribution >= 0.6 is 0 Å². The van der Waals surface area contributed by atoms with Crippen molar-refractivity contribution in [3.05, 3.63) is 66.1 Å². The number of hydrogen-bond donors (Lipinski definition) is 0. The first-order chi connectivity index (χ1) is 14.7. The van der Waals surface area contributed by atoms with Gasteiger partial charge in [-0.25, -0.2) is 0 Å². The van der Waals surface area contributed by atoms with Crippen LogP contribution in [0.4, 0.5) is 0 Å². The van der Waals surface area contributed by atoms with Crippen LogP contribution in [0.15, 0.2) is 59.1 Å². The summed E-state index contributed by atoms with van der Waals surface area (Å²) in [5.41, 5.74) is 1.55. The van der Waals surface area contributed by atoms with Crippen LogP contribution in [-0.4, -0.2) is 58.6 Å². The first kappa shape index (κ1) is 20.1. The maximum Gasteiger partial charge on any atom is 0.257 e. The lowest BCUT2D eigenvalue weighted by Crippen LogP contribution is -2.49. The van der Waals surface area contributed by atoms with Crippen molar-refractivity contribution in [2.24, 2.45) is 0 Å². The summed E-state index contributed by atoms with van der Waals surface area (Å²) in [7, 11) is 0. The summed E-state index contributed by atoms with van der Waals surface area (Å²) >= 11 is 0. The third-order valence-electron chi connectivity index (χ3n) is 5.40. The standard InChI is InChI=1S/C23H26N4O3/c1-3-29-20-12-8-7-11-19(20)23(28)27-15-13-26(14-16-27)17(2)22-24-21(25-30-22)18-9-5-4-6-10-18/h4-12,17H,3,13-16H2,1-2H3. The van der Waals surface area contributed by atoms with Crippen molar-refractivity contribution in [2.75, 3.05) is 32.8 Å². The third kappa shape index (κ3) is 4.21. The fourth-order valence-electron chi connectivity index (χ4n) is 3.67. The van der Waals surface area contributed by atoms with Gasteiger partial charge in [0.25, 0.3) is 5.91 Å². The van der Waals surface area contributed by atoms with Crippen LogP contribution in [0.3, 0.4) is 0 Å². The highest BCUT2D eigenvalue weighted by Gasteiger charge is 2.29. The van der Waals surface area contributed by atoms with Gasteiger partial charge >= 0.3 is 0 Å². The molecule has 1 aromatic heterocycles. The van der Waals surface area contributed by atoms with E-state index in [0.717, 1.165) is 18.7 Å². The Kier molecular flexibility index (Phi) is 6.09. The Hall–Kier alpha value is -3.19. The summed E-state index contributed by atoms with van der Waals surface area (Å²) in [6.45, 7) is 7.28. The normalized spacial score (nSPS) is 15.7. The largest absolute Gasteiger partial charge is 0.493 e. The summed E-state index contributed by atoms with van der Waals surface area (Å²) in [6.07, 6.45) is 0. The number of nitrogens with zero attached hydrogens (tertiary/aromatic N) is 4. The molecule has 1 amide bonds. The minimum atomic E-state index is -0.0112. The van der Waals surface area contributed by atoms with Crippen LogP contribution in [0.1, 0.15) is 36.1 Å². The lowest BCUT2D eigenvalue weighted by molar-refractivity contribution is 0.0548. The first-order valence-corrected chi connectivity index (χ1v) is 10.3. The number of carbonyl (C=O) groups excluding carboxylic acids is 1. The molecule has 1 saturated heterocycles. The van der Waals surface area contributed by atoms with Gasteiger partial charge in [0, 0.05) is 31.7 Å². The first-order valence-electron chi connectivity index (χ1n) is 10.3. The van der Waals surface area contributed by atoms with E-state index in [1.54, 1.807) is 0 Å². The Labute approximate surface area is 176 Å². The number of aromatic nitrogens is 2. The van der Waals surface area contributed by atoms with Gasteiger partial charge in [-0.3, -0.25) is 9.69 Å². The van der Waals surface area contributed by atoms with Crippen molar-refractivity contribution < 1.29 is 14.1 Å². The molecule has 1 aliphatic rings.